The van der Waals surface area contributed by atoms with E-state index in [0.717, 1.165) is 23.1 Å². The van der Waals surface area contributed by atoms with Gasteiger partial charge in [-0.3, -0.25) is 19.3 Å². The molecule has 2 aliphatic rings. The Morgan fingerprint density at radius 3 is 2.82 bits per heavy atom. The van der Waals surface area contributed by atoms with Gasteiger partial charge in [0.15, 0.2) is 0 Å². The van der Waals surface area contributed by atoms with Crippen molar-refractivity contribution in [2.45, 2.75) is 25.3 Å². The minimum Gasteiger partial charge on any atom is -0.497 e. The highest BCUT2D eigenvalue weighted by molar-refractivity contribution is 8.18. The summed E-state index contributed by atoms with van der Waals surface area (Å²) in [7, 11) is 1.53. The number of ether oxygens (including phenoxy) is 1. The van der Waals surface area contributed by atoms with E-state index in [0.29, 0.717) is 30.7 Å². The Kier molecular flexibility index (Phi) is 6.03. The number of carbonyl (C=O) groups excluding carboxylic acids is 3. The van der Waals surface area contributed by atoms with Crippen molar-refractivity contribution in [2.75, 3.05) is 20.2 Å². The zero-order valence-corrected chi connectivity index (χ0v) is 16.1. The first-order valence-corrected chi connectivity index (χ1v) is 9.64. The first kappa shape index (κ1) is 19.9. The number of piperidine rings is 1. The lowest BCUT2D eigenvalue weighted by atomic mass is 10.0. The number of nitrogens with zero attached hydrogens (tertiary/aromatic N) is 2. The van der Waals surface area contributed by atoms with Gasteiger partial charge in [-0.1, -0.05) is 12.1 Å². The van der Waals surface area contributed by atoms with Crippen molar-refractivity contribution in [3.05, 3.63) is 34.7 Å². The Morgan fingerprint density at radius 2 is 2.11 bits per heavy atom. The van der Waals surface area contributed by atoms with Gasteiger partial charge in [0.25, 0.3) is 11.1 Å². The summed E-state index contributed by atoms with van der Waals surface area (Å²) in [6.07, 6.45) is 3.37. The molecule has 1 aromatic rings. The molecule has 0 bridgehead atoms. The van der Waals surface area contributed by atoms with Crippen molar-refractivity contribution >= 4 is 40.9 Å². The van der Waals surface area contributed by atoms with Crippen LogP contribution >= 0.6 is 11.8 Å². The number of carboxylic acids is 1. The molecule has 2 heterocycles. The highest BCUT2D eigenvalue weighted by Crippen LogP contribution is 2.33. The number of carbonyl (C=O) groups is 4. The lowest BCUT2D eigenvalue weighted by Gasteiger charge is -2.33. The molecule has 0 unspecified atom stereocenters. The maximum Gasteiger partial charge on any atom is 0.326 e. The third-order valence-electron chi connectivity index (χ3n) is 4.67. The van der Waals surface area contributed by atoms with Crippen LogP contribution in [0.25, 0.3) is 6.08 Å². The molecule has 3 amide bonds. The number of thioether (sulfide) groups is 1. The number of benzene rings is 1. The molecule has 2 saturated heterocycles. The van der Waals surface area contributed by atoms with E-state index >= 15 is 0 Å². The molecule has 148 valence electrons. The summed E-state index contributed by atoms with van der Waals surface area (Å²) in [6.45, 7) is -0.143. The van der Waals surface area contributed by atoms with Crippen molar-refractivity contribution < 1.29 is 29.0 Å². The largest absolute Gasteiger partial charge is 0.497 e. The number of likely N-dealkylation sites (tertiary alicyclic amines) is 1. The van der Waals surface area contributed by atoms with Crippen LogP contribution in [-0.4, -0.2) is 64.2 Å². The Morgan fingerprint density at radius 1 is 1.32 bits per heavy atom. The zero-order chi connectivity index (χ0) is 20.3. The summed E-state index contributed by atoms with van der Waals surface area (Å²) in [5.41, 5.74) is 0.693. The van der Waals surface area contributed by atoms with Crippen LogP contribution in [0.15, 0.2) is 29.2 Å². The minimum absolute atomic E-state index is 0.208. The molecule has 9 heteroatoms. The highest BCUT2D eigenvalue weighted by Gasteiger charge is 2.39. The number of carboxylic acid groups (broad SMARTS) is 1. The SMILES string of the molecule is COc1cccc(/C=C2\SC(=O)N(CC(=O)N3CCCC[C@H]3C(=O)O)C2=O)c1. The van der Waals surface area contributed by atoms with Gasteiger partial charge in [-0.05, 0) is 54.8 Å². The van der Waals surface area contributed by atoms with E-state index in [1.54, 1.807) is 30.3 Å². The van der Waals surface area contributed by atoms with Gasteiger partial charge in [0, 0.05) is 6.54 Å². The number of hydrogen-bond donors (Lipinski definition) is 1. The summed E-state index contributed by atoms with van der Waals surface area (Å²) in [4.78, 5) is 51.1. The fourth-order valence-corrected chi connectivity index (χ4v) is 4.07. The van der Waals surface area contributed by atoms with Crippen molar-refractivity contribution in [1.29, 1.82) is 0 Å². The first-order valence-electron chi connectivity index (χ1n) is 8.82. The second kappa shape index (κ2) is 8.47. The second-order valence-corrected chi connectivity index (χ2v) is 7.47. The fraction of sp³-hybridized carbons (Fsp3) is 0.368. The third-order valence-corrected chi connectivity index (χ3v) is 5.57. The van der Waals surface area contributed by atoms with Crippen LogP contribution in [0.1, 0.15) is 24.8 Å². The van der Waals surface area contributed by atoms with Gasteiger partial charge in [-0.2, -0.15) is 0 Å². The molecule has 8 nitrogen and oxygen atoms in total. The molecule has 0 aliphatic carbocycles. The smallest absolute Gasteiger partial charge is 0.326 e. The van der Waals surface area contributed by atoms with Crippen LogP contribution in [0, 0.1) is 0 Å². The van der Waals surface area contributed by atoms with E-state index in [4.69, 9.17) is 4.74 Å². The maximum atomic E-state index is 12.6. The molecule has 1 N–H and O–H groups in total. The van der Waals surface area contributed by atoms with Gasteiger partial charge in [0.05, 0.1) is 12.0 Å². The van der Waals surface area contributed by atoms with E-state index in [-0.39, 0.29) is 4.91 Å². The third kappa shape index (κ3) is 4.19. The molecule has 2 aliphatic heterocycles. The Labute approximate surface area is 166 Å². The van der Waals surface area contributed by atoms with Gasteiger partial charge in [-0.25, -0.2) is 4.79 Å². The average Bonchev–Trinajstić information content (AvgIpc) is 2.95. The molecular formula is C19H20N2O6S. The van der Waals surface area contributed by atoms with Crippen molar-refractivity contribution in [3.8, 4) is 5.75 Å². The lowest BCUT2D eigenvalue weighted by molar-refractivity contribution is -0.152. The number of rotatable bonds is 5. The van der Waals surface area contributed by atoms with E-state index in [2.05, 4.69) is 0 Å². The number of amides is 3. The lowest BCUT2D eigenvalue weighted by Crippen LogP contribution is -2.51. The molecule has 1 atom stereocenters. The number of aliphatic carboxylic acids is 1. The predicted molar refractivity (Wildman–Crippen MR) is 103 cm³/mol. The van der Waals surface area contributed by atoms with E-state index in [9.17, 15) is 24.3 Å². The Balaban J connectivity index is 1.73. The van der Waals surface area contributed by atoms with Gasteiger partial charge < -0.3 is 14.7 Å². The average molecular weight is 404 g/mol. The monoisotopic (exact) mass is 404 g/mol. The molecule has 0 saturated carbocycles. The minimum atomic E-state index is -1.07. The van der Waals surface area contributed by atoms with Crippen LogP contribution in [-0.2, 0) is 14.4 Å². The number of imide groups is 1. The molecule has 0 aromatic heterocycles. The van der Waals surface area contributed by atoms with Crippen molar-refractivity contribution in [3.63, 3.8) is 0 Å². The van der Waals surface area contributed by atoms with Crippen LogP contribution in [0.5, 0.6) is 5.75 Å². The van der Waals surface area contributed by atoms with Gasteiger partial charge >= 0.3 is 5.97 Å². The molecular weight excluding hydrogens is 384 g/mol. The summed E-state index contributed by atoms with van der Waals surface area (Å²) in [5, 5.41) is 8.76. The van der Waals surface area contributed by atoms with Crippen LogP contribution in [0.4, 0.5) is 4.79 Å². The molecule has 28 heavy (non-hydrogen) atoms. The van der Waals surface area contributed by atoms with Crippen molar-refractivity contribution in [2.24, 2.45) is 0 Å². The summed E-state index contributed by atoms with van der Waals surface area (Å²) in [5.74, 6) is -1.54. The highest BCUT2D eigenvalue weighted by atomic mass is 32.2. The van der Waals surface area contributed by atoms with E-state index in [1.807, 2.05) is 0 Å². The van der Waals surface area contributed by atoms with Crippen LogP contribution in [0.3, 0.4) is 0 Å². The summed E-state index contributed by atoms with van der Waals surface area (Å²) in [6, 6.07) is 6.12. The quantitative estimate of drug-likeness (QED) is 0.750. The Hall–Kier alpha value is -2.81. The van der Waals surface area contributed by atoms with Crippen LogP contribution < -0.4 is 4.74 Å². The van der Waals surface area contributed by atoms with E-state index in [1.165, 1.54) is 12.0 Å². The van der Waals surface area contributed by atoms with E-state index < -0.39 is 35.6 Å². The van der Waals surface area contributed by atoms with Gasteiger partial charge in [-0.15, -0.1) is 0 Å². The predicted octanol–water partition coefficient (Wildman–Crippen LogP) is 2.20. The fourth-order valence-electron chi connectivity index (χ4n) is 3.23. The normalized spacial score (nSPS) is 21.3. The Bertz CT molecular complexity index is 853. The van der Waals surface area contributed by atoms with Crippen molar-refractivity contribution in [1.82, 2.24) is 9.80 Å². The standard InChI is InChI=1S/C19H20N2O6S/c1-27-13-6-4-5-12(9-13)10-15-17(23)21(19(26)28-15)11-16(22)20-8-3-2-7-14(20)18(24)25/h4-6,9-10,14H,2-3,7-8,11H2,1H3,(H,24,25)/b15-10-/t14-/m0/s1. The molecule has 0 radical (unpaired) electrons. The molecule has 3 rings (SSSR count). The summed E-state index contributed by atoms with van der Waals surface area (Å²) < 4.78 is 5.14. The van der Waals surface area contributed by atoms with Gasteiger partial charge in [0.2, 0.25) is 5.91 Å². The van der Waals surface area contributed by atoms with Crippen LogP contribution in [0.2, 0.25) is 0 Å². The zero-order valence-electron chi connectivity index (χ0n) is 15.3. The number of methoxy groups -OCH3 is 1. The molecule has 1 aromatic carbocycles. The molecule has 0 spiro atoms. The maximum absolute atomic E-state index is 12.6. The topological polar surface area (TPSA) is 104 Å². The molecule has 2 fully saturated rings. The summed E-state index contributed by atoms with van der Waals surface area (Å²) >= 11 is 0.756. The second-order valence-electron chi connectivity index (χ2n) is 6.48. The van der Waals surface area contributed by atoms with Gasteiger partial charge in [0.1, 0.15) is 18.3 Å². The first-order chi connectivity index (χ1) is 13.4. The number of hydrogen-bond acceptors (Lipinski definition) is 6.